The largest absolute Gasteiger partial charge is 0.364 e. The third kappa shape index (κ3) is 2.77. The van der Waals surface area contributed by atoms with Crippen LogP contribution in [-0.2, 0) is 19.6 Å². The number of fused-ring (bicyclic) bond motifs is 1. The topological polar surface area (TPSA) is 37.0 Å². The highest BCUT2D eigenvalue weighted by Gasteiger charge is 2.10. The van der Waals surface area contributed by atoms with Crippen LogP contribution in [0.5, 0.6) is 0 Å². The Bertz CT molecular complexity index is 616. The minimum atomic E-state index is -0.350. The Kier molecular flexibility index (Phi) is 3.48. The number of aromatic nitrogens is 1. The predicted octanol–water partition coefficient (Wildman–Crippen LogP) is 3.20. The molecule has 0 saturated heterocycles. The van der Waals surface area contributed by atoms with Gasteiger partial charge in [-0.1, -0.05) is 18.2 Å². The molecule has 1 aliphatic rings. The van der Waals surface area contributed by atoms with E-state index in [1.807, 2.05) is 0 Å². The van der Waals surface area contributed by atoms with Gasteiger partial charge in [-0.2, -0.15) is 0 Å². The van der Waals surface area contributed by atoms with Crippen molar-refractivity contribution in [1.82, 2.24) is 10.3 Å². The van der Waals surface area contributed by atoms with Crippen molar-refractivity contribution in [3.05, 3.63) is 57.4 Å². The molecule has 1 aliphatic heterocycles. The van der Waals surface area contributed by atoms with E-state index in [2.05, 4.69) is 49.7 Å². The summed E-state index contributed by atoms with van der Waals surface area (Å²) in [5, 5.41) is 6.33. The molecule has 0 saturated carbocycles. The molecule has 3 rings (SSSR count). The number of rotatable bonds is 3. The van der Waals surface area contributed by atoms with Crippen LogP contribution in [0.15, 0.2) is 34.9 Å². The average Bonchev–Trinajstić information content (AvgIpc) is 2.85. The molecule has 0 unspecified atom stereocenters. The standard InChI is InChI=1S/C14H13BrFN3/c15-12-4-13(16)14(19-8-12)18-5-9-1-2-10-6-17-7-11(10)3-9/h1-4,8,17H,5-7H2,(H,18,19). The molecule has 98 valence electrons. The van der Waals surface area contributed by atoms with Gasteiger partial charge in [0.05, 0.1) is 0 Å². The second kappa shape index (κ2) is 5.27. The van der Waals surface area contributed by atoms with Crippen LogP contribution in [0, 0.1) is 5.82 Å². The quantitative estimate of drug-likeness (QED) is 0.911. The molecule has 2 aromatic rings. The van der Waals surface area contributed by atoms with E-state index in [1.54, 1.807) is 6.20 Å². The van der Waals surface area contributed by atoms with Crippen molar-refractivity contribution in [1.29, 1.82) is 0 Å². The molecule has 0 spiro atoms. The molecule has 1 aromatic carbocycles. The fourth-order valence-electron chi connectivity index (χ4n) is 2.19. The van der Waals surface area contributed by atoms with Gasteiger partial charge < -0.3 is 10.6 Å². The SMILES string of the molecule is Fc1cc(Br)cnc1NCc1ccc2c(c1)CNC2. The molecule has 19 heavy (non-hydrogen) atoms. The molecular weight excluding hydrogens is 309 g/mol. The number of pyridine rings is 1. The van der Waals surface area contributed by atoms with Crippen molar-refractivity contribution in [2.24, 2.45) is 0 Å². The summed E-state index contributed by atoms with van der Waals surface area (Å²) in [7, 11) is 0. The first-order valence-corrected chi connectivity index (χ1v) is 6.88. The second-order valence-electron chi connectivity index (χ2n) is 4.54. The highest BCUT2D eigenvalue weighted by Crippen LogP contribution is 2.19. The van der Waals surface area contributed by atoms with E-state index in [-0.39, 0.29) is 11.6 Å². The number of hydrogen-bond donors (Lipinski definition) is 2. The van der Waals surface area contributed by atoms with E-state index in [4.69, 9.17) is 0 Å². The lowest BCUT2D eigenvalue weighted by molar-refractivity contribution is 0.623. The highest BCUT2D eigenvalue weighted by atomic mass is 79.9. The number of halogens is 2. The molecule has 0 radical (unpaired) electrons. The van der Waals surface area contributed by atoms with Gasteiger partial charge in [-0.05, 0) is 38.7 Å². The van der Waals surface area contributed by atoms with Crippen molar-refractivity contribution in [3.63, 3.8) is 0 Å². The van der Waals surface area contributed by atoms with E-state index in [0.29, 0.717) is 11.0 Å². The zero-order valence-electron chi connectivity index (χ0n) is 10.2. The van der Waals surface area contributed by atoms with Gasteiger partial charge in [-0.3, -0.25) is 0 Å². The summed E-state index contributed by atoms with van der Waals surface area (Å²) < 4.78 is 14.2. The zero-order chi connectivity index (χ0) is 13.2. The third-order valence-electron chi connectivity index (χ3n) is 3.17. The normalized spacial score (nSPS) is 13.4. The van der Waals surface area contributed by atoms with Crippen LogP contribution in [0.3, 0.4) is 0 Å². The Hall–Kier alpha value is -1.46. The summed E-state index contributed by atoms with van der Waals surface area (Å²) in [6.45, 7) is 2.42. The molecule has 0 aliphatic carbocycles. The minimum absolute atomic E-state index is 0.279. The van der Waals surface area contributed by atoms with Crippen molar-refractivity contribution < 1.29 is 4.39 Å². The van der Waals surface area contributed by atoms with Crippen LogP contribution < -0.4 is 10.6 Å². The summed E-state index contributed by atoms with van der Waals surface area (Å²) in [4.78, 5) is 4.02. The summed E-state index contributed by atoms with van der Waals surface area (Å²) in [6.07, 6.45) is 1.58. The lowest BCUT2D eigenvalue weighted by Crippen LogP contribution is -2.04. The Morgan fingerprint density at radius 2 is 2.11 bits per heavy atom. The van der Waals surface area contributed by atoms with Gasteiger partial charge in [-0.25, -0.2) is 9.37 Å². The maximum Gasteiger partial charge on any atom is 0.166 e. The van der Waals surface area contributed by atoms with E-state index < -0.39 is 0 Å². The maximum atomic E-state index is 13.6. The van der Waals surface area contributed by atoms with Crippen molar-refractivity contribution in [2.75, 3.05) is 5.32 Å². The third-order valence-corrected chi connectivity index (χ3v) is 3.60. The molecule has 3 nitrogen and oxygen atoms in total. The first kappa shape index (κ1) is 12.6. The Morgan fingerprint density at radius 1 is 1.26 bits per heavy atom. The van der Waals surface area contributed by atoms with Crippen LogP contribution >= 0.6 is 15.9 Å². The first-order valence-electron chi connectivity index (χ1n) is 6.09. The van der Waals surface area contributed by atoms with Gasteiger partial charge in [0.2, 0.25) is 0 Å². The van der Waals surface area contributed by atoms with Crippen molar-refractivity contribution in [2.45, 2.75) is 19.6 Å². The fraction of sp³-hybridized carbons (Fsp3) is 0.214. The lowest BCUT2D eigenvalue weighted by Gasteiger charge is -2.08. The smallest absolute Gasteiger partial charge is 0.166 e. The van der Waals surface area contributed by atoms with E-state index in [0.717, 1.165) is 18.7 Å². The molecule has 2 heterocycles. The number of nitrogens with one attached hydrogen (secondary N) is 2. The number of benzene rings is 1. The second-order valence-corrected chi connectivity index (χ2v) is 5.46. The predicted molar refractivity (Wildman–Crippen MR) is 76.2 cm³/mol. The summed E-state index contributed by atoms with van der Waals surface area (Å²) in [5.74, 6) is -0.0703. The summed E-state index contributed by atoms with van der Waals surface area (Å²) in [6, 6.07) is 7.74. The summed E-state index contributed by atoms with van der Waals surface area (Å²) in [5.41, 5.74) is 3.80. The Morgan fingerprint density at radius 3 is 2.95 bits per heavy atom. The molecule has 5 heteroatoms. The minimum Gasteiger partial charge on any atom is -0.364 e. The van der Waals surface area contributed by atoms with E-state index >= 15 is 0 Å². The van der Waals surface area contributed by atoms with Crippen molar-refractivity contribution >= 4 is 21.7 Å². The summed E-state index contributed by atoms with van der Waals surface area (Å²) >= 11 is 3.19. The molecular formula is C14H13BrFN3. The molecule has 2 N–H and O–H groups in total. The van der Waals surface area contributed by atoms with Gasteiger partial charge in [0.25, 0.3) is 0 Å². The van der Waals surface area contributed by atoms with Gasteiger partial charge in [0, 0.05) is 30.3 Å². The lowest BCUT2D eigenvalue weighted by atomic mass is 10.1. The van der Waals surface area contributed by atoms with Gasteiger partial charge in [-0.15, -0.1) is 0 Å². The van der Waals surface area contributed by atoms with Crippen LogP contribution in [0.4, 0.5) is 10.2 Å². The Balaban J connectivity index is 1.72. The van der Waals surface area contributed by atoms with E-state index in [9.17, 15) is 4.39 Å². The number of nitrogens with zero attached hydrogens (tertiary/aromatic N) is 1. The number of hydrogen-bond acceptors (Lipinski definition) is 3. The number of anilines is 1. The van der Waals surface area contributed by atoms with Gasteiger partial charge >= 0.3 is 0 Å². The fourth-order valence-corrected chi connectivity index (χ4v) is 2.49. The molecule has 0 bridgehead atoms. The molecule has 0 fully saturated rings. The monoisotopic (exact) mass is 321 g/mol. The van der Waals surface area contributed by atoms with Crippen molar-refractivity contribution in [3.8, 4) is 0 Å². The van der Waals surface area contributed by atoms with Crippen LogP contribution in [0.2, 0.25) is 0 Å². The van der Waals surface area contributed by atoms with E-state index in [1.165, 1.54) is 17.2 Å². The van der Waals surface area contributed by atoms with Gasteiger partial charge in [0.15, 0.2) is 11.6 Å². The van der Waals surface area contributed by atoms with Gasteiger partial charge in [0.1, 0.15) is 0 Å². The van der Waals surface area contributed by atoms with Crippen LogP contribution in [-0.4, -0.2) is 4.98 Å². The molecule has 0 atom stereocenters. The first-order chi connectivity index (χ1) is 9.22. The van der Waals surface area contributed by atoms with Crippen LogP contribution in [0.25, 0.3) is 0 Å². The molecule has 1 aromatic heterocycles. The molecule has 0 amide bonds. The average molecular weight is 322 g/mol. The Labute approximate surface area is 119 Å². The maximum absolute atomic E-state index is 13.6. The zero-order valence-corrected chi connectivity index (χ0v) is 11.8. The highest BCUT2D eigenvalue weighted by molar-refractivity contribution is 9.10. The van der Waals surface area contributed by atoms with Crippen LogP contribution in [0.1, 0.15) is 16.7 Å².